The molecule has 5 heteroatoms. The van der Waals surface area contributed by atoms with Crippen molar-refractivity contribution in [3.63, 3.8) is 0 Å². The number of aryl methyl sites for hydroxylation is 1. The van der Waals surface area contributed by atoms with Gasteiger partial charge in [-0.2, -0.15) is 0 Å². The van der Waals surface area contributed by atoms with Crippen molar-refractivity contribution in [3.8, 4) is 5.75 Å². The van der Waals surface area contributed by atoms with Crippen molar-refractivity contribution in [3.05, 3.63) is 33.9 Å². The first-order valence-corrected chi connectivity index (χ1v) is 4.46. The van der Waals surface area contributed by atoms with E-state index in [1.54, 1.807) is 13.0 Å². The van der Waals surface area contributed by atoms with E-state index in [1.165, 1.54) is 12.1 Å². The molecule has 5 nitrogen and oxygen atoms in total. The van der Waals surface area contributed by atoms with E-state index in [-0.39, 0.29) is 24.5 Å². The molecule has 0 fully saturated rings. The lowest BCUT2D eigenvalue weighted by atomic mass is 10.2. The molecule has 0 aliphatic heterocycles. The van der Waals surface area contributed by atoms with Gasteiger partial charge in [0.05, 0.1) is 11.5 Å². The van der Waals surface area contributed by atoms with Crippen molar-refractivity contribution in [2.75, 3.05) is 6.61 Å². The highest BCUT2D eigenvalue weighted by Gasteiger charge is 2.14. The second kappa shape index (κ2) is 5.09. The first-order chi connectivity index (χ1) is 7.15. The Hall–Kier alpha value is -1.91. The van der Waals surface area contributed by atoms with E-state index >= 15 is 0 Å². The molecule has 0 aliphatic carbocycles. The number of aldehydes is 1. The van der Waals surface area contributed by atoms with Gasteiger partial charge in [-0.15, -0.1) is 0 Å². The maximum atomic E-state index is 10.7. The number of nitro groups is 1. The van der Waals surface area contributed by atoms with Crippen molar-refractivity contribution in [2.24, 2.45) is 0 Å². The van der Waals surface area contributed by atoms with Crippen molar-refractivity contribution < 1.29 is 14.5 Å². The smallest absolute Gasteiger partial charge is 0.311 e. The first kappa shape index (κ1) is 11.2. The van der Waals surface area contributed by atoms with Crippen LogP contribution in [0, 0.1) is 17.0 Å². The summed E-state index contributed by atoms with van der Waals surface area (Å²) in [5, 5.41) is 10.7. The first-order valence-electron chi connectivity index (χ1n) is 4.46. The molecule has 0 spiro atoms. The molecule has 0 radical (unpaired) electrons. The summed E-state index contributed by atoms with van der Waals surface area (Å²) in [6.45, 7) is 1.93. The van der Waals surface area contributed by atoms with Gasteiger partial charge in [0.15, 0.2) is 5.75 Å². The van der Waals surface area contributed by atoms with Gasteiger partial charge in [-0.05, 0) is 18.6 Å². The second-order valence-corrected chi connectivity index (χ2v) is 3.03. The summed E-state index contributed by atoms with van der Waals surface area (Å²) in [5.41, 5.74) is 0.727. The molecule has 0 heterocycles. The van der Waals surface area contributed by atoms with Crippen LogP contribution in [-0.4, -0.2) is 17.8 Å². The summed E-state index contributed by atoms with van der Waals surface area (Å²) in [7, 11) is 0. The third-order valence-corrected chi connectivity index (χ3v) is 1.80. The molecule has 0 atom stereocenters. The Kier molecular flexibility index (Phi) is 3.79. The zero-order valence-electron chi connectivity index (χ0n) is 8.30. The van der Waals surface area contributed by atoms with Crippen LogP contribution < -0.4 is 4.74 Å². The average molecular weight is 209 g/mol. The normalized spacial score (nSPS) is 9.67. The Balaban J connectivity index is 2.85. The SMILES string of the molecule is Cc1ccc(OCCC=O)c([N+](=O)[O-])c1. The summed E-state index contributed by atoms with van der Waals surface area (Å²) in [5.74, 6) is 0.201. The van der Waals surface area contributed by atoms with Crippen LogP contribution in [0.1, 0.15) is 12.0 Å². The number of hydrogen-bond donors (Lipinski definition) is 0. The minimum absolute atomic E-state index is 0.0686. The van der Waals surface area contributed by atoms with E-state index < -0.39 is 4.92 Å². The zero-order valence-corrected chi connectivity index (χ0v) is 8.30. The predicted molar refractivity (Wildman–Crippen MR) is 54.0 cm³/mol. The van der Waals surface area contributed by atoms with Crippen LogP contribution in [0.2, 0.25) is 0 Å². The molecule has 0 aromatic heterocycles. The van der Waals surface area contributed by atoms with E-state index in [0.29, 0.717) is 6.29 Å². The molecular weight excluding hydrogens is 198 g/mol. The lowest BCUT2D eigenvalue weighted by molar-refractivity contribution is -0.385. The van der Waals surface area contributed by atoms with E-state index in [9.17, 15) is 14.9 Å². The largest absolute Gasteiger partial charge is 0.486 e. The number of ether oxygens (including phenoxy) is 1. The van der Waals surface area contributed by atoms with Gasteiger partial charge >= 0.3 is 5.69 Å². The van der Waals surface area contributed by atoms with Gasteiger partial charge in [-0.3, -0.25) is 10.1 Å². The molecule has 0 saturated carbocycles. The Bertz CT molecular complexity index is 376. The molecule has 0 aliphatic rings. The number of carbonyl (C=O) groups is 1. The molecule has 0 amide bonds. The maximum Gasteiger partial charge on any atom is 0.311 e. The van der Waals surface area contributed by atoms with Crippen LogP contribution in [0.3, 0.4) is 0 Å². The highest BCUT2D eigenvalue weighted by molar-refractivity contribution is 5.50. The van der Waals surface area contributed by atoms with Crippen molar-refractivity contribution in [2.45, 2.75) is 13.3 Å². The monoisotopic (exact) mass is 209 g/mol. The fourth-order valence-electron chi connectivity index (χ4n) is 1.11. The fourth-order valence-corrected chi connectivity index (χ4v) is 1.11. The standard InChI is InChI=1S/C10H11NO4/c1-8-3-4-10(15-6-2-5-12)9(7-8)11(13)14/h3-5,7H,2,6H2,1H3. The summed E-state index contributed by atoms with van der Waals surface area (Å²) in [4.78, 5) is 20.2. The highest BCUT2D eigenvalue weighted by atomic mass is 16.6. The van der Waals surface area contributed by atoms with Crippen LogP contribution in [0.5, 0.6) is 5.75 Å². The lowest BCUT2D eigenvalue weighted by Crippen LogP contribution is -2.01. The molecule has 80 valence electrons. The van der Waals surface area contributed by atoms with Crippen LogP contribution in [0.4, 0.5) is 5.69 Å². The van der Waals surface area contributed by atoms with Gasteiger partial charge in [0.2, 0.25) is 0 Å². The molecule has 1 rings (SSSR count). The summed E-state index contributed by atoms with van der Waals surface area (Å²) >= 11 is 0. The molecule has 0 unspecified atom stereocenters. The molecule has 15 heavy (non-hydrogen) atoms. The maximum absolute atomic E-state index is 10.7. The van der Waals surface area contributed by atoms with Crippen LogP contribution in [-0.2, 0) is 4.79 Å². The Labute approximate surface area is 86.8 Å². The summed E-state index contributed by atoms with van der Waals surface area (Å²) in [6.07, 6.45) is 0.936. The lowest BCUT2D eigenvalue weighted by Gasteiger charge is -2.05. The van der Waals surface area contributed by atoms with Gasteiger partial charge in [0.25, 0.3) is 0 Å². The predicted octanol–water partition coefficient (Wildman–Crippen LogP) is 1.87. The number of nitro benzene ring substituents is 1. The Morgan fingerprint density at radius 2 is 2.27 bits per heavy atom. The molecule has 1 aromatic carbocycles. The molecular formula is C10H11NO4. The zero-order chi connectivity index (χ0) is 11.3. The van der Waals surface area contributed by atoms with Crippen molar-refractivity contribution >= 4 is 12.0 Å². The number of nitrogens with zero attached hydrogens (tertiary/aromatic N) is 1. The highest BCUT2D eigenvalue weighted by Crippen LogP contribution is 2.27. The second-order valence-electron chi connectivity index (χ2n) is 3.03. The summed E-state index contributed by atoms with van der Waals surface area (Å²) < 4.78 is 5.12. The van der Waals surface area contributed by atoms with Gasteiger partial charge in [-0.25, -0.2) is 0 Å². The fraction of sp³-hybridized carbons (Fsp3) is 0.300. The van der Waals surface area contributed by atoms with E-state index in [2.05, 4.69) is 0 Å². The topological polar surface area (TPSA) is 69.4 Å². The summed E-state index contributed by atoms with van der Waals surface area (Å²) in [6, 6.07) is 4.71. The van der Waals surface area contributed by atoms with Gasteiger partial charge < -0.3 is 9.53 Å². The third kappa shape index (κ3) is 3.05. The number of benzene rings is 1. The third-order valence-electron chi connectivity index (χ3n) is 1.80. The number of rotatable bonds is 5. The van der Waals surface area contributed by atoms with Crippen molar-refractivity contribution in [1.29, 1.82) is 0 Å². The van der Waals surface area contributed by atoms with Gasteiger partial charge in [-0.1, -0.05) is 6.07 Å². The van der Waals surface area contributed by atoms with E-state index in [0.717, 1.165) is 5.56 Å². The minimum Gasteiger partial charge on any atom is -0.486 e. The molecule has 1 aromatic rings. The molecule has 0 N–H and O–H groups in total. The van der Waals surface area contributed by atoms with Gasteiger partial charge in [0.1, 0.15) is 6.29 Å². The van der Waals surface area contributed by atoms with E-state index in [1.807, 2.05) is 0 Å². The minimum atomic E-state index is -0.497. The number of hydrogen-bond acceptors (Lipinski definition) is 4. The quantitative estimate of drug-likeness (QED) is 0.321. The van der Waals surface area contributed by atoms with Crippen molar-refractivity contribution in [1.82, 2.24) is 0 Å². The van der Waals surface area contributed by atoms with Crippen LogP contribution >= 0.6 is 0 Å². The van der Waals surface area contributed by atoms with Gasteiger partial charge in [0, 0.05) is 12.5 Å². The number of carbonyl (C=O) groups excluding carboxylic acids is 1. The Morgan fingerprint density at radius 1 is 1.53 bits per heavy atom. The molecule has 0 saturated heterocycles. The van der Waals surface area contributed by atoms with E-state index in [4.69, 9.17) is 4.74 Å². The Morgan fingerprint density at radius 3 is 2.87 bits per heavy atom. The van der Waals surface area contributed by atoms with Crippen LogP contribution in [0.15, 0.2) is 18.2 Å². The van der Waals surface area contributed by atoms with Crippen LogP contribution in [0.25, 0.3) is 0 Å². The average Bonchev–Trinajstić information content (AvgIpc) is 2.20. The molecule has 0 bridgehead atoms.